The Bertz CT molecular complexity index is 2340. The maximum Gasteiger partial charge on any atom is 0.242 e. The highest BCUT2D eigenvalue weighted by Crippen LogP contribution is 2.64. The molecule has 280 valence electrons. The van der Waals surface area contributed by atoms with Gasteiger partial charge in [-0.15, -0.1) is 11.3 Å². The number of fused-ring (bicyclic) bond motifs is 5. The molecule has 4 aromatic rings. The normalized spacial score (nSPS) is 28.5. The zero-order valence-corrected chi connectivity index (χ0v) is 32.7. The number of aryl methyl sites for hydroxylation is 2. The van der Waals surface area contributed by atoms with Gasteiger partial charge in [-0.2, -0.15) is 5.10 Å². The van der Waals surface area contributed by atoms with E-state index in [9.17, 15) is 19.5 Å². The molecule has 2 saturated carbocycles. The molecule has 4 amide bonds. The van der Waals surface area contributed by atoms with E-state index in [-0.39, 0.29) is 52.6 Å². The number of thiophene rings is 1. The first kappa shape index (κ1) is 35.5. The van der Waals surface area contributed by atoms with Crippen LogP contribution in [-0.2, 0) is 26.2 Å². The van der Waals surface area contributed by atoms with Gasteiger partial charge >= 0.3 is 0 Å². The fraction of sp³-hybridized carbons (Fsp3) is 0.439. The van der Waals surface area contributed by atoms with E-state index in [1.165, 1.54) is 12.0 Å². The maximum atomic E-state index is 15.2. The van der Waals surface area contributed by atoms with Crippen molar-refractivity contribution in [2.24, 2.45) is 36.1 Å². The predicted molar refractivity (Wildman–Crippen MR) is 207 cm³/mol. The molecule has 9 rings (SSSR count). The van der Waals surface area contributed by atoms with Crippen LogP contribution in [0.3, 0.4) is 0 Å². The van der Waals surface area contributed by atoms with Crippen LogP contribution in [0.15, 0.2) is 48.0 Å². The predicted octanol–water partition coefficient (Wildman–Crippen LogP) is 8.19. The first-order valence-corrected chi connectivity index (χ1v) is 20.2. The zero-order chi connectivity index (χ0) is 38.0. The zero-order valence-electron chi connectivity index (χ0n) is 30.4. The molecular weight excluding hydrogens is 747 g/mol. The number of benzene rings is 2. The van der Waals surface area contributed by atoms with Crippen molar-refractivity contribution in [1.29, 1.82) is 0 Å². The number of anilines is 1. The van der Waals surface area contributed by atoms with Crippen molar-refractivity contribution in [3.63, 3.8) is 0 Å². The second-order valence-electron chi connectivity index (χ2n) is 15.8. The number of hydrogen-bond acceptors (Lipinski definition) is 8. The number of ether oxygens (including phenoxy) is 1. The van der Waals surface area contributed by atoms with Crippen molar-refractivity contribution in [2.45, 2.75) is 70.8 Å². The molecule has 2 aromatic carbocycles. The number of aromatic nitrogens is 2. The van der Waals surface area contributed by atoms with E-state index in [2.05, 4.69) is 0 Å². The lowest BCUT2D eigenvalue weighted by atomic mass is 9.51. The summed E-state index contributed by atoms with van der Waals surface area (Å²) < 4.78 is 8.14. The molecule has 4 fully saturated rings. The van der Waals surface area contributed by atoms with Gasteiger partial charge in [-0.1, -0.05) is 54.1 Å². The lowest BCUT2D eigenvalue weighted by Gasteiger charge is -2.49. The molecule has 0 spiro atoms. The number of allylic oxidation sites excluding steroid dienone is 2. The van der Waals surface area contributed by atoms with Crippen molar-refractivity contribution < 1.29 is 29.0 Å². The van der Waals surface area contributed by atoms with Gasteiger partial charge in [-0.3, -0.25) is 28.8 Å². The number of carbonyl (C=O) groups is 4. The fourth-order valence-electron chi connectivity index (χ4n) is 10.5. The molecule has 2 saturated heterocycles. The van der Waals surface area contributed by atoms with E-state index >= 15 is 4.79 Å². The number of nitrogens with zero attached hydrogens (tertiary/aromatic N) is 4. The van der Waals surface area contributed by atoms with Gasteiger partial charge in [0.1, 0.15) is 11.5 Å². The van der Waals surface area contributed by atoms with Gasteiger partial charge in [0, 0.05) is 34.8 Å². The summed E-state index contributed by atoms with van der Waals surface area (Å²) in [7, 11) is 3.15. The third-order valence-electron chi connectivity index (χ3n) is 13.1. The minimum atomic E-state index is -1.30. The molecule has 1 N–H and O–H groups in total. The van der Waals surface area contributed by atoms with E-state index in [0.717, 1.165) is 58.2 Å². The number of amides is 4. The summed E-state index contributed by atoms with van der Waals surface area (Å²) in [5.74, 6) is -3.94. The monoisotopic (exact) mass is 786 g/mol. The Morgan fingerprint density at radius 2 is 1.74 bits per heavy atom. The van der Waals surface area contributed by atoms with Gasteiger partial charge in [-0.05, 0) is 92.3 Å². The molecule has 0 bridgehead atoms. The summed E-state index contributed by atoms with van der Waals surface area (Å²) in [6, 6.07) is 10.7. The van der Waals surface area contributed by atoms with Crippen LogP contribution < -0.4 is 9.64 Å². The standard InChI is InChI=1S/C41H40Cl2N4O6S/c1-19-25-16-21(42)10-13-31(25)54-36(19)29-18-32(45(3)44-29)47-38(50)27-17-26-23(11-12-24-33(26)39(51)46(37(24)49)22-8-6-5-7-9-22)34(41(27,2)40(47)52)20-14-28(43)35(48)30(15-20)53-4/h10-11,13-16,18,22,24,26-27,33-34,48H,5-9,12,17H2,1-4H3. The first-order chi connectivity index (χ1) is 25.8. The summed E-state index contributed by atoms with van der Waals surface area (Å²) in [6.07, 6.45) is 7.30. The van der Waals surface area contributed by atoms with Crippen molar-refractivity contribution >= 4 is 74.1 Å². The number of imide groups is 2. The van der Waals surface area contributed by atoms with Crippen LogP contribution in [0.25, 0.3) is 20.7 Å². The number of halogens is 2. The van der Waals surface area contributed by atoms with Crippen molar-refractivity contribution in [3.8, 4) is 22.1 Å². The van der Waals surface area contributed by atoms with Crippen LogP contribution in [0.5, 0.6) is 11.5 Å². The minimum absolute atomic E-state index is 0.0430. The third kappa shape index (κ3) is 4.93. The highest BCUT2D eigenvalue weighted by molar-refractivity contribution is 7.22. The van der Waals surface area contributed by atoms with E-state index in [1.54, 1.807) is 46.2 Å². The van der Waals surface area contributed by atoms with E-state index < -0.39 is 35.0 Å². The molecule has 2 aromatic heterocycles. The largest absolute Gasteiger partial charge is 0.503 e. The van der Waals surface area contributed by atoms with Crippen LogP contribution >= 0.6 is 34.5 Å². The number of hydrogen-bond donors (Lipinski definition) is 1. The van der Waals surface area contributed by atoms with Crippen LogP contribution in [-0.4, -0.2) is 56.6 Å². The Morgan fingerprint density at radius 1 is 0.981 bits per heavy atom. The van der Waals surface area contributed by atoms with Gasteiger partial charge in [-0.25, -0.2) is 4.90 Å². The molecule has 54 heavy (non-hydrogen) atoms. The van der Waals surface area contributed by atoms with Gasteiger partial charge in [0.15, 0.2) is 11.5 Å². The second-order valence-corrected chi connectivity index (χ2v) is 17.7. The van der Waals surface area contributed by atoms with Gasteiger partial charge in [0.25, 0.3) is 0 Å². The van der Waals surface area contributed by atoms with E-state index in [1.807, 2.05) is 38.1 Å². The Morgan fingerprint density at radius 3 is 2.48 bits per heavy atom. The lowest BCUT2D eigenvalue weighted by molar-refractivity contribution is -0.144. The summed E-state index contributed by atoms with van der Waals surface area (Å²) in [5.41, 5.74) is 1.76. The number of rotatable bonds is 5. The molecule has 10 nitrogen and oxygen atoms in total. The average Bonchev–Trinajstić information content (AvgIpc) is 3.83. The van der Waals surface area contributed by atoms with Gasteiger partial charge < -0.3 is 9.84 Å². The van der Waals surface area contributed by atoms with Crippen LogP contribution in [0.4, 0.5) is 5.82 Å². The van der Waals surface area contributed by atoms with Gasteiger partial charge in [0.05, 0.1) is 40.2 Å². The molecule has 5 aliphatic rings. The minimum Gasteiger partial charge on any atom is -0.503 e. The second kappa shape index (κ2) is 12.7. The molecular formula is C41H40Cl2N4O6S. The highest BCUT2D eigenvalue weighted by atomic mass is 35.5. The maximum absolute atomic E-state index is 15.2. The third-order valence-corrected chi connectivity index (χ3v) is 14.9. The Kier molecular flexibility index (Phi) is 8.34. The number of methoxy groups -OCH3 is 1. The van der Waals surface area contributed by atoms with Crippen molar-refractivity contribution in [2.75, 3.05) is 12.0 Å². The van der Waals surface area contributed by atoms with E-state index in [4.69, 9.17) is 33.0 Å². The number of likely N-dealkylation sites (tertiary alicyclic amines) is 1. The topological polar surface area (TPSA) is 122 Å². The van der Waals surface area contributed by atoms with Crippen molar-refractivity contribution in [1.82, 2.24) is 14.7 Å². The molecule has 6 atom stereocenters. The molecule has 6 unspecified atom stereocenters. The van der Waals surface area contributed by atoms with Crippen molar-refractivity contribution in [3.05, 3.63) is 69.2 Å². The molecule has 13 heteroatoms. The number of phenols is 1. The Balaban J connectivity index is 1.16. The highest BCUT2D eigenvalue weighted by Gasteiger charge is 2.68. The number of phenolic OH excluding ortho intramolecular Hbond substituents is 1. The summed E-state index contributed by atoms with van der Waals surface area (Å²) in [6.45, 7) is 3.83. The summed E-state index contributed by atoms with van der Waals surface area (Å²) in [5, 5.41) is 17.2. The van der Waals surface area contributed by atoms with Crippen LogP contribution in [0.2, 0.25) is 10.0 Å². The SMILES string of the molecule is COc1cc(C2C3=CCC4C(=O)N(C5CCCCC5)C(=O)C4C3CC3C(=O)N(c4cc(-c5sc6ccc(Cl)cc6c5C)nn4C)C(=O)C32C)cc(Cl)c1O. The average molecular weight is 788 g/mol. The molecule has 2 aliphatic heterocycles. The quantitative estimate of drug-likeness (QED) is 0.160. The van der Waals surface area contributed by atoms with Crippen LogP contribution in [0.1, 0.15) is 68.9 Å². The fourth-order valence-corrected chi connectivity index (χ4v) is 12.0. The lowest BCUT2D eigenvalue weighted by Crippen LogP contribution is -2.49. The smallest absolute Gasteiger partial charge is 0.242 e. The van der Waals surface area contributed by atoms with Crippen LogP contribution in [0, 0.1) is 36.0 Å². The Labute approximate surface area is 326 Å². The summed E-state index contributed by atoms with van der Waals surface area (Å²) in [4.78, 5) is 62.3. The molecule has 0 radical (unpaired) electrons. The van der Waals surface area contributed by atoms with Gasteiger partial charge in [0.2, 0.25) is 23.6 Å². The molecule has 3 aliphatic carbocycles. The first-order valence-electron chi connectivity index (χ1n) is 18.6. The molecule has 4 heterocycles. The number of carbonyl (C=O) groups excluding carboxylic acids is 4. The Hall–Kier alpha value is -4.19. The number of aromatic hydroxyl groups is 1. The van der Waals surface area contributed by atoms with E-state index in [0.29, 0.717) is 28.5 Å². The summed E-state index contributed by atoms with van der Waals surface area (Å²) >= 11 is 14.5.